The number of aliphatic hydroxyl groups excluding tert-OH is 1. The lowest BCUT2D eigenvalue weighted by molar-refractivity contribution is 0.148. The molecule has 0 spiro atoms. The van der Waals surface area contributed by atoms with Crippen LogP contribution in [0.25, 0.3) is 0 Å². The maximum absolute atomic E-state index is 11.2. The van der Waals surface area contributed by atoms with E-state index in [2.05, 4.69) is 6.92 Å². The van der Waals surface area contributed by atoms with Crippen LogP contribution in [-0.2, 0) is 10.1 Å². The summed E-state index contributed by atoms with van der Waals surface area (Å²) in [5.74, 6) is 0. The zero-order valence-electron chi connectivity index (χ0n) is 13.1. The van der Waals surface area contributed by atoms with Crippen LogP contribution in [0.15, 0.2) is 0 Å². The quantitative estimate of drug-likeness (QED) is 0.399. The molecule has 2 N–H and O–H groups in total. The van der Waals surface area contributed by atoms with Gasteiger partial charge in [0.1, 0.15) is 0 Å². The second kappa shape index (κ2) is 11.5. The van der Waals surface area contributed by atoms with Crippen LogP contribution in [0.1, 0.15) is 84.5 Å². The third-order valence-corrected chi connectivity index (χ3v) is 5.07. The molecule has 0 aromatic heterocycles. The summed E-state index contributed by atoms with van der Waals surface area (Å²) >= 11 is 0. The molecule has 0 saturated carbocycles. The molecule has 2 atom stereocenters. The van der Waals surface area contributed by atoms with Gasteiger partial charge >= 0.3 is 0 Å². The van der Waals surface area contributed by atoms with Gasteiger partial charge in [0, 0.05) is 0 Å². The highest BCUT2D eigenvalue weighted by Crippen LogP contribution is 2.18. The van der Waals surface area contributed by atoms with Crippen molar-refractivity contribution >= 4 is 10.1 Å². The van der Waals surface area contributed by atoms with Gasteiger partial charge in [0.15, 0.2) is 0 Å². The molecule has 0 fully saturated rings. The Kier molecular flexibility index (Phi) is 11.4. The van der Waals surface area contributed by atoms with Gasteiger partial charge in [-0.1, -0.05) is 58.8 Å². The van der Waals surface area contributed by atoms with Crippen molar-refractivity contribution in [1.82, 2.24) is 0 Å². The van der Waals surface area contributed by atoms with Crippen molar-refractivity contribution < 1.29 is 18.1 Å². The van der Waals surface area contributed by atoms with E-state index in [0.717, 1.165) is 57.8 Å². The molecular formula is C15H32O4S. The molecule has 0 amide bonds. The van der Waals surface area contributed by atoms with Crippen molar-refractivity contribution in [2.75, 3.05) is 0 Å². The second-order valence-electron chi connectivity index (χ2n) is 5.71. The standard InChI is InChI=1S/C15H32O4S/c1-3-5-10-14(16)11-8-7-9-13-15(12-6-4-2)20(17,18)19/h14-16H,3-13H2,1-2H3,(H,17,18,19). The molecule has 0 aliphatic carbocycles. The minimum absolute atomic E-state index is 0.215. The first-order valence-corrected chi connectivity index (χ1v) is 9.56. The van der Waals surface area contributed by atoms with Crippen LogP contribution in [0.5, 0.6) is 0 Å². The number of aliphatic hydroxyl groups is 1. The monoisotopic (exact) mass is 308 g/mol. The Hall–Kier alpha value is -0.130. The molecule has 0 aromatic rings. The van der Waals surface area contributed by atoms with Gasteiger partial charge < -0.3 is 5.11 Å². The van der Waals surface area contributed by atoms with Crippen LogP contribution < -0.4 is 0 Å². The molecular weight excluding hydrogens is 276 g/mol. The van der Waals surface area contributed by atoms with Crippen molar-refractivity contribution in [3.63, 3.8) is 0 Å². The van der Waals surface area contributed by atoms with E-state index in [4.69, 9.17) is 0 Å². The van der Waals surface area contributed by atoms with Gasteiger partial charge in [-0.2, -0.15) is 8.42 Å². The predicted octanol–water partition coefficient (Wildman–Crippen LogP) is 3.93. The summed E-state index contributed by atoms with van der Waals surface area (Å²) in [6, 6.07) is 0. The third-order valence-electron chi connectivity index (χ3n) is 3.76. The normalized spacial score (nSPS) is 15.2. The molecule has 5 heteroatoms. The summed E-state index contributed by atoms with van der Waals surface area (Å²) in [6.07, 6.45) is 9.10. The summed E-state index contributed by atoms with van der Waals surface area (Å²) in [5, 5.41) is 9.09. The lowest BCUT2D eigenvalue weighted by Crippen LogP contribution is -2.20. The maximum atomic E-state index is 11.2. The number of rotatable bonds is 13. The Labute approximate surface area is 124 Å². The Morgan fingerprint density at radius 3 is 1.80 bits per heavy atom. The van der Waals surface area contributed by atoms with Crippen LogP contribution in [0.3, 0.4) is 0 Å². The van der Waals surface area contributed by atoms with Crippen molar-refractivity contribution in [1.29, 1.82) is 0 Å². The summed E-state index contributed by atoms with van der Waals surface area (Å²) in [4.78, 5) is 0. The van der Waals surface area contributed by atoms with Gasteiger partial charge in [-0.15, -0.1) is 0 Å². The maximum Gasteiger partial charge on any atom is 0.267 e. The SMILES string of the molecule is CCCCC(O)CCCCCC(CCCC)S(=O)(=O)O. The number of unbranched alkanes of at least 4 members (excludes halogenated alkanes) is 4. The minimum atomic E-state index is -3.90. The van der Waals surface area contributed by atoms with Crippen molar-refractivity contribution in [3.05, 3.63) is 0 Å². The van der Waals surface area contributed by atoms with Gasteiger partial charge in [0.2, 0.25) is 0 Å². The van der Waals surface area contributed by atoms with Gasteiger partial charge in [0.05, 0.1) is 11.4 Å². The van der Waals surface area contributed by atoms with Gasteiger partial charge in [-0.3, -0.25) is 4.55 Å². The van der Waals surface area contributed by atoms with E-state index in [1.54, 1.807) is 0 Å². The zero-order chi connectivity index (χ0) is 15.4. The Balaban J connectivity index is 3.78. The molecule has 0 bridgehead atoms. The predicted molar refractivity (Wildman–Crippen MR) is 83.5 cm³/mol. The summed E-state index contributed by atoms with van der Waals surface area (Å²) in [6.45, 7) is 4.12. The van der Waals surface area contributed by atoms with E-state index in [1.807, 2.05) is 6.92 Å². The number of hydrogen-bond donors (Lipinski definition) is 2. The largest absolute Gasteiger partial charge is 0.393 e. The van der Waals surface area contributed by atoms with Crippen molar-refractivity contribution in [2.45, 2.75) is 95.8 Å². The van der Waals surface area contributed by atoms with Crippen LogP contribution in [0, 0.1) is 0 Å². The number of hydrogen-bond acceptors (Lipinski definition) is 3. The average molecular weight is 308 g/mol. The molecule has 0 aliphatic heterocycles. The second-order valence-corrected chi connectivity index (χ2v) is 7.41. The fourth-order valence-corrected chi connectivity index (χ4v) is 3.32. The highest BCUT2D eigenvalue weighted by atomic mass is 32.2. The first-order chi connectivity index (χ1) is 9.41. The lowest BCUT2D eigenvalue weighted by atomic mass is 10.0. The van der Waals surface area contributed by atoms with Crippen LogP contribution in [0.2, 0.25) is 0 Å². The fourth-order valence-electron chi connectivity index (χ4n) is 2.39. The molecule has 4 nitrogen and oxygen atoms in total. The Morgan fingerprint density at radius 2 is 1.25 bits per heavy atom. The molecule has 0 heterocycles. The molecule has 2 unspecified atom stereocenters. The average Bonchev–Trinajstić information content (AvgIpc) is 2.38. The van der Waals surface area contributed by atoms with E-state index in [-0.39, 0.29) is 6.10 Å². The molecule has 0 aliphatic rings. The molecule has 0 saturated heterocycles. The zero-order valence-corrected chi connectivity index (χ0v) is 13.9. The van der Waals surface area contributed by atoms with Crippen molar-refractivity contribution in [2.24, 2.45) is 0 Å². The van der Waals surface area contributed by atoms with Crippen molar-refractivity contribution in [3.8, 4) is 0 Å². The Morgan fingerprint density at radius 1 is 0.800 bits per heavy atom. The first-order valence-electron chi connectivity index (χ1n) is 8.06. The van der Waals surface area contributed by atoms with Gasteiger partial charge in [0.25, 0.3) is 10.1 Å². The minimum Gasteiger partial charge on any atom is -0.393 e. The van der Waals surface area contributed by atoms with Crippen LogP contribution in [0.4, 0.5) is 0 Å². The molecule has 0 aromatic carbocycles. The molecule has 20 heavy (non-hydrogen) atoms. The molecule has 0 radical (unpaired) electrons. The molecule has 122 valence electrons. The fraction of sp³-hybridized carbons (Fsp3) is 1.00. The highest BCUT2D eigenvalue weighted by molar-refractivity contribution is 7.86. The van der Waals surface area contributed by atoms with E-state index in [0.29, 0.717) is 12.8 Å². The summed E-state index contributed by atoms with van der Waals surface area (Å²) in [5.41, 5.74) is 0. The lowest BCUT2D eigenvalue weighted by Gasteiger charge is -2.14. The van der Waals surface area contributed by atoms with E-state index in [1.165, 1.54) is 0 Å². The smallest absolute Gasteiger partial charge is 0.267 e. The van der Waals surface area contributed by atoms with Crippen LogP contribution in [-0.4, -0.2) is 29.4 Å². The summed E-state index contributed by atoms with van der Waals surface area (Å²) in [7, 11) is -3.90. The van der Waals surface area contributed by atoms with E-state index < -0.39 is 15.4 Å². The summed E-state index contributed by atoms with van der Waals surface area (Å²) < 4.78 is 31.7. The highest BCUT2D eigenvalue weighted by Gasteiger charge is 2.21. The first kappa shape index (κ1) is 19.9. The van der Waals surface area contributed by atoms with Crippen LogP contribution >= 0.6 is 0 Å². The van der Waals surface area contributed by atoms with E-state index in [9.17, 15) is 18.1 Å². The molecule has 0 rings (SSSR count). The van der Waals surface area contributed by atoms with E-state index >= 15 is 0 Å². The third kappa shape index (κ3) is 10.6. The van der Waals surface area contributed by atoms with Gasteiger partial charge in [-0.05, 0) is 25.7 Å². The Bertz CT molecular complexity index is 314. The topological polar surface area (TPSA) is 74.6 Å². The van der Waals surface area contributed by atoms with Gasteiger partial charge in [-0.25, -0.2) is 0 Å².